The molecule has 2 aromatic rings. The van der Waals surface area contributed by atoms with Crippen molar-refractivity contribution < 1.29 is 9.53 Å². The SMILES string of the molecule is O=C(COc1cccc2c1CCCC2)N1CCC(Cc2ccccc2)CC1. The second-order valence-corrected chi connectivity index (χ2v) is 7.90. The smallest absolute Gasteiger partial charge is 0.260 e. The fourth-order valence-electron chi connectivity index (χ4n) is 4.45. The van der Waals surface area contributed by atoms with E-state index in [4.69, 9.17) is 4.74 Å². The van der Waals surface area contributed by atoms with Gasteiger partial charge in [-0.2, -0.15) is 0 Å². The van der Waals surface area contributed by atoms with Crippen LogP contribution in [0.5, 0.6) is 5.75 Å². The lowest BCUT2D eigenvalue weighted by Crippen LogP contribution is -2.41. The normalized spacial score (nSPS) is 17.4. The molecule has 27 heavy (non-hydrogen) atoms. The third-order valence-corrected chi connectivity index (χ3v) is 6.04. The molecule has 0 aromatic heterocycles. The first-order chi connectivity index (χ1) is 13.3. The van der Waals surface area contributed by atoms with Crippen molar-refractivity contribution in [2.24, 2.45) is 5.92 Å². The van der Waals surface area contributed by atoms with Crippen molar-refractivity contribution in [3.05, 3.63) is 65.2 Å². The Morgan fingerprint density at radius 1 is 0.963 bits per heavy atom. The molecule has 1 saturated heterocycles. The molecule has 0 radical (unpaired) electrons. The molecule has 0 bridgehead atoms. The molecule has 3 heteroatoms. The number of amides is 1. The first kappa shape index (κ1) is 18.1. The molecule has 1 amide bonds. The van der Waals surface area contributed by atoms with Crippen LogP contribution < -0.4 is 4.74 Å². The molecule has 0 saturated carbocycles. The Balaban J connectivity index is 1.27. The van der Waals surface area contributed by atoms with Crippen LogP contribution in [0.4, 0.5) is 0 Å². The molecule has 1 aliphatic carbocycles. The number of ether oxygens (including phenoxy) is 1. The number of aryl methyl sites for hydroxylation is 1. The summed E-state index contributed by atoms with van der Waals surface area (Å²) < 4.78 is 5.95. The molecule has 0 atom stereocenters. The molecule has 4 rings (SSSR count). The number of carbonyl (C=O) groups excluding carboxylic acids is 1. The Morgan fingerprint density at radius 3 is 2.56 bits per heavy atom. The van der Waals surface area contributed by atoms with E-state index in [-0.39, 0.29) is 12.5 Å². The number of hydrogen-bond acceptors (Lipinski definition) is 2. The summed E-state index contributed by atoms with van der Waals surface area (Å²) in [5, 5.41) is 0. The first-order valence-corrected chi connectivity index (χ1v) is 10.3. The van der Waals surface area contributed by atoms with Crippen molar-refractivity contribution in [1.29, 1.82) is 0 Å². The van der Waals surface area contributed by atoms with E-state index in [1.54, 1.807) is 0 Å². The van der Waals surface area contributed by atoms with Crippen molar-refractivity contribution in [2.45, 2.75) is 44.9 Å². The van der Waals surface area contributed by atoms with Gasteiger partial charge in [-0.15, -0.1) is 0 Å². The quantitative estimate of drug-likeness (QED) is 0.787. The van der Waals surface area contributed by atoms with Gasteiger partial charge in [0.1, 0.15) is 5.75 Å². The minimum atomic E-state index is 0.126. The number of likely N-dealkylation sites (tertiary alicyclic amines) is 1. The fraction of sp³-hybridized carbons (Fsp3) is 0.458. The second kappa shape index (κ2) is 8.60. The summed E-state index contributed by atoms with van der Waals surface area (Å²) in [6, 6.07) is 16.9. The molecular formula is C24H29NO2. The van der Waals surface area contributed by atoms with Crippen LogP contribution >= 0.6 is 0 Å². The van der Waals surface area contributed by atoms with E-state index in [2.05, 4.69) is 42.5 Å². The van der Waals surface area contributed by atoms with Gasteiger partial charge < -0.3 is 9.64 Å². The highest BCUT2D eigenvalue weighted by Crippen LogP contribution is 2.29. The lowest BCUT2D eigenvalue weighted by atomic mass is 9.90. The van der Waals surface area contributed by atoms with Gasteiger partial charge in [-0.05, 0) is 73.6 Å². The maximum absolute atomic E-state index is 12.6. The number of benzene rings is 2. The number of carbonyl (C=O) groups is 1. The zero-order valence-corrected chi connectivity index (χ0v) is 16.0. The molecule has 3 nitrogen and oxygen atoms in total. The van der Waals surface area contributed by atoms with E-state index in [1.807, 2.05) is 11.0 Å². The highest BCUT2D eigenvalue weighted by atomic mass is 16.5. The summed E-state index contributed by atoms with van der Waals surface area (Å²) in [6.45, 7) is 1.87. The average molecular weight is 364 g/mol. The second-order valence-electron chi connectivity index (χ2n) is 7.90. The maximum Gasteiger partial charge on any atom is 0.260 e. The third kappa shape index (κ3) is 4.52. The highest BCUT2D eigenvalue weighted by molar-refractivity contribution is 5.78. The minimum absolute atomic E-state index is 0.126. The van der Waals surface area contributed by atoms with Crippen LogP contribution in [0.3, 0.4) is 0 Å². The monoisotopic (exact) mass is 363 g/mol. The molecule has 1 aliphatic heterocycles. The van der Waals surface area contributed by atoms with E-state index >= 15 is 0 Å². The predicted octanol–water partition coefficient (Wildman–Crippen LogP) is 4.43. The van der Waals surface area contributed by atoms with Crippen LogP contribution in [0.1, 0.15) is 42.4 Å². The Morgan fingerprint density at radius 2 is 1.74 bits per heavy atom. The fourth-order valence-corrected chi connectivity index (χ4v) is 4.45. The molecule has 2 aromatic carbocycles. The van der Waals surface area contributed by atoms with Crippen molar-refractivity contribution in [3.63, 3.8) is 0 Å². The van der Waals surface area contributed by atoms with Crippen molar-refractivity contribution >= 4 is 5.91 Å². The zero-order chi connectivity index (χ0) is 18.5. The van der Waals surface area contributed by atoms with E-state index in [0.29, 0.717) is 5.92 Å². The number of nitrogens with zero attached hydrogens (tertiary/aromatic N) is 1. The molecular weight excluding hydrogens is 334 g/mol. The Kier molecular flexibility index (Phi) is 5.76. The summed E-state index contributed by atoms with van der Waals surface area (Å²) in [4.78, 5) is 14.6. The summed E-state index contributed by atoms with van der Waals surface area (Å²) in [6.07, 6.45) is 7.97. The lowest BCUT2D eigenvalue weighted by molar-refractivity contribution is -0.134. The van der Waals surface area contributed by atoms with Crippen molar-refractivity contribution in [3.8, 4) is 5.75 Å². The molecule has 142 valence electrons. The zero-order valence-electron chi connectivity index (χ0n) is 16.0. The molecule has 1 heterocycles. The van der Waals surface area contributed by atoms with E-state index in [9.17, 15) is 4.79 Å². The van der Waals surface area contributed by atoms with Gasteiger partial charge in [-0.1, -0.05) is 42.5 Å². The van der Waals surface area contributed by atoms with E-state index < -0.39 is 0 Å². The van der Waals surface area contributed by atoms with Gasteiger partial charge in [0.15, 0.2) is 6.61 Å². The predicted molar refractivity (Wildman–Crippen MR) is 108 cm³/mol. The van der Waals surface area contributed by atoms with Crippen molar-refractivity contribution in [2.75, 3.05) is 19.7 Å². The number of fused-ring (bicyclic) bond motifs is 1. The van der Waals surface area contributed by atoms with Crippen LogP contribution in [0.2, 0.25) is 0 Å². The third-order valence-electron chi connectivity index (χ3n) is 6.04. The Labute approximate surface area is 162 Å². The van der Waals surface area contributed by atoms with Gasteiger partial charge in [-0.3, -0.25) is 4.79 Å². The molecule has 2 aliphatic rings. The summed E-state index contributed by atoms with van der Waals surface area (Å²) in [5.74, 6) is 1.72. The molecule has 0 spiro atoms. The standard InChI is InChI=1S/C24H29NO2/c26-24(18-27-23-12-6-10-21-9-4-5-11-22(21)23)25-15-13-20(14-16-25)17-19-7-2-1-3-8-19/h1-3,6-8,10,12,20H,4-5,9,11,13-18H2. The molecule has 1 fully saturated rings. The van der Waals surface area contributed by atoms with Crippen molar-refractivity contribution in [1.82, 2.24) is 4.90 Å². The van der Waals surface area contributed by atoms with Crippen LogP contribution in [-0.4, -0.2) is 30.5 Å². The first-order valence-electron chi connectivity index (χ1n) is 10.3. The van der Waals surface area contributed by atoms with Gasteiger partial charge in [0.05, 0.1) is 0 Å². The summed E-state index contributed by atoms with van der Waals surface area (Å²) in [7, 11) is 0. The average Bonchev–Trinajstić information content (AvgIpc) is 2.73. The maximum atomic E-state index is 12.6. The Bertz CT molecular complexity index is 763. The number of hydrogen-bond donors (Lipinski definition) is 0. The van der Waals surface area contributed by atoms with Crippen LogP contribution in [0.25, 0.3) is 0 Å². The summed E-state index contributed by atoms with van der Waals surface area (Å²) in [5.41, 5.74) is 4.12. The molecule has 0 unspecified atom stereocenters. The van der Waals surface area contributed by atoms with Gasteiger partial charge in [0.2, 0.25) is 0 Å². The summed E-state index contributed by atoms with van der Waals surface area (Å²) >= 11 is 0. The van der Waals surface area contributed by atoms with Crippen LogP contribution in [-0.2, 0) is 24.1 Å². The number of rotatable bonds is 5. The van der Waals surface area contributed by atoms with Crippen LogP contribution in [0.15, 0.2) is 48.5 Å². The largest absolute Gasteiger partial charge is 0.483 e. The Hall–Kier alpha value is -2.29. The highest BCUT2D eigenvalue weighted by Gasteiger charge is 2.23. The van der Waals surface area contributed by atoms with Gasteiger partial charge >= 0.3 is 0 Å². The number of piperidine rings is 1. The van der Waals surface area contributed by atoms with Crippen LogP contribution in [0, 0.1) is 5.92 Å². The lowest BCUT2D eigenvalue weighted by Gasteiger charge is -2.32. The topological polar surface area (TPSA) is 29.5 Å². The van der Waals surface area contributed by atoms with Gasteiger partial charge in [0, 0.05) is 13.1 Å². The van der Waals surface area contributed by atoms with E-state index in [1.165, 1.54) is 29.5 Å². The van der Waals surface area contributed by atoms with Gasteiger partial charge in [0.25, 0.3) is 5.91 Å². The van der Waals surface area contributed by atoms with Gasteiger partial charge in [-0.25, -0.2) is 0 Å². The minimum Gasteiger partial charge on any atom is -0.483 e. The van der Waals surface area contributed by atoms with E-state index in [0.717, 1.165) is 50.9 Å². The molecule has 0 N–H and O–H groups in total.